The van der Waals surface area contributed by atoms with Crippen molar-refractivity contribution in [3.63, 3.8) is 0 Å². The highest BCUT2D eigenvalue weighted by Gasteiger charge is 2.47. The van der Waals surface area contributed by atoms with Gasteiger partial charge in [0.05, 0.1) is 0 Å². The summed E-state index contributed by atoms with van der Waals surface area (Å²) in [6.45, 7) is -1.42. The number of alkyl halides is 2. The summed E-state index contributed by atoms with van der Waals surface area (Å²) >= 11 is 0. The molecule has 1 rings (SSSR count). The molecule has 3 nitrogen and oxygen atoms in total. The maximum atomic E-state index is 13.1. The first-order valence-corrected chi connectivity index (χ1v) is 3.79. The molecule has 0 aromatic rings. The maximum absolute atomic E-state index is 13.1. The second-order valence-corrected chi connectivity index (χ2v) is 2.99. The van der Waals surface area contributed by atoms with Gasteiger partial charge in [-0.25, -0.2) is 8.78 Å². The molecule has 0 saturated carbocycles. The van der Waals surface area contributed by atoms with E-state index < -0.39 is 24.3 Å². The Labute approximate surface area is 68.8 Å². The smallest absolute Gasteiger partial charge is 0.260 e. The second kappa shape index (κ2) is 3.35. The van der Waals surface area contributed by atoms with Crippen molar-refractivity contribution in [2.45, 2.75) is 24.6 Å². The van der Waals surface area contributed by atoms with Crippen LogP contribution in [0.4, 0.5) is 8.78 Å². The van der Waals surface area contributed by atoms with Crippen LogP contribution in [0.5, 0.6) is 0 Å². The van der Waals surface area contributed by atoms with Gasteiger partial charge in [-0.05, 0) is 6.42 Å². The number of rotatable bonds is 3. The Morgan fingerprint density at radius 3 is 2.83 bits per heavy atom. The third-order valence-electron chi connectivity index (χ3n) is 2.00. The molecule has 5 heteroatoms. The van der Waals surface area contributed by atoms with Gasteiger partial charge in [0.15, 0.2) is 0 Å². The number of hydrogen-bond donors (Lipinski definition) is 2. The third kappa shape index (κ3) is 1.55. The van der Waals surface area contributed by atoms with E-state index in [1.807, 2.05) is 0 Å². The van der Waals surface area contributed by atoms with Crippen LogP contribution in [-0.2, 0) is 4.79 Å². The van der Waals surface area contributed by atoms with Crippen molar-refractivity contribution in [2.24, 2.45) is 0 Å². The van der Waals surface area contributed by atoms with E-state index in [2.05, 4.69) is 5.32 Å². The predicted molar refractivity (Wildman–Crippen MR) is 38.1 cm³/mol. The van der Waals surface area contributed by atoms with Crippen molar-refractivity contribution in [3.8, 4) is 0 Å². The van der Waals surface area contributed by atoms with Gasteiger partial charge in [0.1, 0.15) is 6.67 Å². The zero-order chi connectivity index (χ0) is 9.19. The van der Waals surface area contributed by atoms with Crippen molar-refractivity contribution in [1.82, 2.24) is 5.32 Å². The molecule has 1 aliphatic heterocycles. The van der Waals surface area contributed by atoms with Crippen LogP contribution in [-0.4, -0.2) is 36.0 Å². The molecule has 1 saturated heterocycles. The normalized spacial score (nSPS) is 35.2. The van der Waals surface area contributed by atoms with Crippen molar-refractivity contribution < 1.29 is 18.7 Å². The first-order valence-electron chi connectivity index (χ1n) is 3.79. The molecule has 1 heterocycles. The van der Waals surface area contributed by atoms with E-state index >= 15 is 0 Å². The molecule has 2 atom stereocenters. The average Bonchev–Trinajstić information content (AvgIpc) is 2.30. The van der Waals surface area contributed by atoms with Crippen LogP contribution in [0.3, 0.4) is 0 Å². The number of amides is 1. The van der Waals surface area contributed by atoms with Crippen LogP contribution < -0.4 is 5.32 Å². The van der Waals surface area contributed by atoms with E-state index in [9.17, 15) is 13.6 Å². The zero-order valence-electron chi connectivity index (χ0n) is 6.52. The fraction of sp³-hybridized carbons (Fsp3) is 0.857. The quantitative estimate of drug-likeness (QED) is 0.637. The van der Waals surface area contributed by atoms with Crippen molar-refractivity contribution >= 4 is 5.91 Å². The Balaban J connectivity index is 2.56. The Morgan fingerprint density at radius 2 is 2.42 bits per heavy atom. The zero-order valence-corrected chi connectivity index (χ0v) is 6.52. The molecule has 1 amide bonds. The number of halogens is 2. The van der Waals surface area contributed by atoms with E-state index in [0.29, 0.717) is 0 Å². The van der Waals surface area contributed by atoms with Crippen LogP contribution in [0.2, 0.25) is 0 Å². The van der Waals surface area contributed by atoms with Crippen molar-refractivity contribution in [1.29, 1.82) is 0 Å². The monoisotopic (exact) mass is 179 g/mol. The first-order chi connectivity index (χ1) is 5.62. The van der Waals surface area contributed by atoms with E-state index in [4.69, 9.17) is 5.11 Å². The van der Waals surface area contributed by atoms with Gasteiger partial charge < -0.3 is 10.4 Å². The summed E-state index contributed by atoms with van der Waals surface area (Å²) in [6, 6.07) is -0.428. The van der Waals surface area contributed by atoms with Gasteiger partial charge in [0, 0.05) is 19.1 Å². The highest BCUT2D eigenvalue weighted by Crippen LogP contribution is 2.26. The molecule has 70 valence electrons. The molecule has 0 aromatic carbocycles. The molecule has 1 fully saturated rings. The van der Waals surface area contributed by atoms with Crippen molar-refractivity contribution in [3.05, 3.63) is 0 Å². The van der Waals surface area contributed by atoms with Crippen LogP contribution in [0, 0.1) is 0 Å². The number of aliphatic hydroxyl groups is 1. The number of carbonyl (C=O) groups excluding carboxylic acids is 1. The standard InChI is InChI=1S/C7H11F2NO2/c8-4-7(9)3-5(1-2-11)10-6(7)12/h5,11H,1-4H2,(H,10,12)/t5-,7+/m1/s1. The van der Waals surface area contributed by atoms with E-state index in [1.165, 1.54) is 0 Å². The molecule has 0 spiro atoms. The molecule has 12 heavy (non-hydrogen) atoms. The number of aliphatic hydroxyl groups excluding tert-OH is 1. The topological polar surface area (TPSA) is 49.3 Å². The number of nitrogens with one attached hydrogen (secondary N) is 1. The molecular formula is C7H11F2NO2. The lowest BCUT2D eigenvalue weighted by molar-refractivity contribution is -0.130. The Kier molecular flexibility index (Phi) is 2.62. The Bertz CT molecular complexity index is 188. The van der Waals surface area contributed by atoms with E-state index in [-0.39, 0.29) is 19.4 Å². The first kappa shape index (κ1) is 9.38. The van der Waals surface area contributed by atoms with Crippen molar-refractivity contribution in [2.75, 3.05) is 13.3 Å². The highest BCUT2D eigenvalue weighted by molar-refractivity contribution is 5.87. The summed E-state index contributed by atoms with van der Waals surface area (Å²) in [5.41, 5.74) is -2.36. The van der Waals surface area contributed by atoms with Crippen LogP contribution in [0.1, 0.15) is 12.8 Å². The molecule has 0 radical (unpaired) electrons. The molecule has 0 aromatic heterocycles. The fourth-order valence-electron chi connectivity index (χ4n) is 1.29. The van der Waals surface area contributed by atoms with Gasteiger partial charge >= 0.3 is 0 Å². The van der Waals surface area contributed by atoms with E-state index in [1.54, 1.807) is 0 Å². The SMILES string of the molecule is O=C1N[C@H](CCO)C[C@]1(F)CF. The van der Waals surface area contributed by atoms with E-state index in [0.717, 1.165) is 0 Å². The summed E-state index contributed by atoms with van der Waals surface area (Å²) in [4.78, 5) is 10.8. The van der Waals surface area contributed by atoms with Gasteiger partial charge in [-0.1, -0.05) is 0 Å². The number of carbonyl (C=O) groups is 1. The van der Waals surface area contributed by atoms with Gasteiger partial charge in [0.25, 0.3) is 5.91 Å². The van der Waals surface area contributed by atoms with Gasteiger partial charge in [-0.2, -0.15) is 0 Å². The van der Waals surface area contributed by atoms with Crippen LogP contribution >= 0.6 is 0 Å². The molecule has 1 aliphatic rings. The average molecular weight is 179 g/mol. The summed E-state index contributed by atoms with van der Waals surface area (Å²) in [7, 11) is 0. The Morgan fingerprint density at radius 1 is 1.75 bits per heavy atom. The minimum absolute atomic E-state index is 0.132. The molecule has 0 unspecified atom stereocenters. The lowest BCUT2D eigenvalue weighted by atomic mass is 10.0. The molecule has 0 bridgehead atoms. The minimum atomic E-state index is -2.36. The molecular weight excluding hydrogens is 168 g/mol. The molecule has 0 aliphatic carbocycles. The number of hydrogen-bond acceptors (Lipinski definition) is 2. The van der Waals surface area contributed by atoms with Crippen LogP contribution in [0.15, 0.2) is 0 Å². The van der Waals surface area contributed by atoms with Gasteiger partial charge in [0.2, 0.25) is 5.67 Å². The largest absolute Gasteiger partial charge is 0.396 e. The Hall–Kier alpha value is -0.710. The minimum Gasteiger partial charge on any atom is -0.396 e. The lowest BCUT2D eigenvalue weighted by Gasteiger charge is -2.10. The fourth-order valence-corrected chi connectivity index (χ4v) is 1.29. The summed E-state index contributed by atoms with van der Waals surface area (Å²) < 4.78 is 25.2. The maximum Gasteiger partial charge on any atom is 0.260 e. The third-order valence-corrected chi connectivity index (χ3v) is 2.00. The van der Waals surface area contributed by atoms with Gasteiger partial charge in [-0.3, -0.25) is 4.79 Å². The second-order valence-electron chi connectivity index (χ2n) is 2.99. The van der Waals surface area contributed by atoms with Crippen LogP contribution in [0.25, 0.3) is 0 Å². The summed E-state index contributed by atoms with van der Waals surface area (Å²) in [5.74, 6) is -0.900. The molecule has 2 N–H and O–H groups in total. The lowest BCUT2D eigenvalue weighted by Crippen LogP contribution is -2.35. The summed E-state index contributed by atoms with van der Waals surface area (Å²) in [6.07, 6.45) is 0.0975. The highest BCUT2D eigenvalue weighted by atomic mass is 19.2. The summed E-state index contributed by atoms with van der Waals surface area (Å²) in [5, 5.41) is 10.8. The predicted octanol–water partition coefficient (Wildman–Crippen LogP) is -0.0649. The van der Waals surface area contributed by atoms with Gasteiger partial charge in [-0.15, -0.1) is 0 Å².